The van der Waals surface area contributed by atoms with E-state index in [-0.39, 0.29) is 22.8 Å². The van der Waals surface area contributed by atoms with Gasteiger partial charge in [0.05, 0.1) is 0 Å². The molecule has 3 heteroatoms. The zero-order valence-corrected chi connectivity index (χ0v) is 24.6. The summed E-state index contributed by atoms with van der Waals surface area (Å²) in [5, 5.41) is 17.9. The molecular formula is C37H42N2O. The van der Waals surface area contributed by atoms with Crippen LogP contribution in [0, 0.1) is 0 Å². The van der Waals surface area contributed by atoms with Gasteiger partial charge in [-0.1, -0.05) is 139 Å². The number of benzene rings is 4. The SMILES string of the molecule is CC(C)(C)c1cc(CNC(c2ccccc2)C(c2ccccc2)c2[nH]cc3ccccc23)c(O)c(C(C)(C)C)c1. The van der Waals surface area contributed by atoms with Gasteiger partial charge in [0.25, 0.3) is 0 Å². The molecule has 1 aromatic heterocycles. The molecule has 0 spiro atoms. The molecule has 0 fully saturated rings. The minimum atomic E-state index is -0.172. The number of phenolic OH excluding ortho intramolecular Hbond substituents is 1. The van der Waals surface area contributed by atoms with Gasteiger partial charge in [0, 0.05) is 41.3 Å². The van der Waals surface area contributed by atoms with Gasteiger partial charge in [-0.3, -0.25) is 0 Å². The summed E-state index contributed by atoms with van der Waals surface area (Å²) < 4.78 is 0. The topological polar surface area (TPSA) is 48.0 Å². The number of hydrogen-bond donors (Lipinski definition) is 3. The molecule has 40 heavy (non-hydrogen) atoms. The molecule has 3 nitrogen and oxygen atoms in total. The van der Waals surface area contributed by atoms with Crippen LogP contribution in [-0.2, 0) is 17.4 Å². The van der Waals surface area contributed by atoms with Gasteiger partial charge in [-0.2, -0.15) is 0 Å². The standard InChI is InChI=1S/C37H42N2O/c1-36(2,3)29-21-28(35(40)31(22-29)37(4,5)6)24-38-33(26-17-11-8-12-18-26)32(25-15-9-7-10-16-25)34-30-20-14-13-19-27(30)23-39-34/h7-23,32-33,38-40H,24H2,1-6H3. The molecule has 5 rings (SSSR count). The molecule has 4 aromatic carbocycles. The molecule has 0 bridgehead atoms. The van der Waals surface area contributed by atoms with Crippen LogP contribution in [-0.4, -0.2) is 10.1 Å². The van der Waals surface area contributed by atoms with Crippen LogP contribution in [0.5, 0.6) is 5.75 Å². The largest absolute Gasteiger partial charge is 0.507 e. The maximum Gasteiger partial charge on any atom is 0.123 e. The highest BCUT2D eigenvalue weighted by Crippen LogP contribution is 2.41. The Morgan fingerprint density at radius 2 is 1.32 bits per heavy atom. The monoisotopic (exact) mass is 530 g/mol. The van der Waals surface area contributed by atoms with Crippen molar-refractivity contribution in [2.75, 3.05) is 0 Å². The summed E-state index contributed by atoms with van der Waals surface area (Å²) in [7, 11) is 0. The second-order valence-corrected chi connectivity index (χ2v) is 13.0. The van der Waals surface area contributed by atoms with Crippen LogP contribution < -0.4 is 5.32 Å². The van der Waals surface area contributed by atoms with Gasteiger partial charge in [-0.25, -0.2) is 0 Å². The zero-order valence-electron chi connectivity index (χ0n) is 24.6. The Morgan fingerprint density at radius 3 is 1.95 bits per heavy atom. The van der Waals surface area contributed by atoms with Crippen molar-refractivity contribution in [2.24, 2.45) is 0 Å². The molecule has 206 valence electrons. The minimum absolute atomic E-state index is 0.0264. The second kappa shape index (κ2) is 11.0. The number of rotatable bonds is 7. The van der Waals surface area contributed by atoms with E-state index < -0.39 is 0 Å². The van der Waals surface area contributed by atoms with Gasteiger partial charge in [0.15, 0.2) is 0 Å². The molecule has 0 saturated carbocycles. The molecule has 0 aliphatic carbocycles. The Kier molecular flexibility index (Phi) is 7.61. The lowest BCUT2D eigenvalue weighted by Crippen LogP contribution is -2.28. The van der Waals surface area contributed by atoms with Crippen molar-refractivity contribution in [3.63, 3.8) is 0 Å². The van der Waals surface area contributed by atoms with Gasteiger partial charge in [0.1, 0.15) is 5.75 Å². The first kappa shape index (κ1) is 27.7. The number of phenols is 1. The summed E-state index contributed by atoms with van der Waals surface area (Å²) in [6.07, 6.45) is 2.11. The summed E-state index contributed by atoms with van der Waals surface area (Å²) in [5.41, 5.74) is 6.58. The Balaban J connectivity index is 1.64. The fourth-order valence-corrected chi connectivity index (χ4v) is 5.69. The molecule has 5 aromatic rings. The minimum Gasteiger partial charge on any atom is -0.507 e. The van der Waals surface area contributed by atoms with E-state index in [4.69, 9.17) is 0 Å². The van der Waals surface area contributed by atoms with Gasteiger partial charge in [-0.15, -0.1) is 0 Å². The summed E-state index contributed by atoms with van der Waals surface area (Å²) in [4.78, 5) is 3.64. The molecule has 2 atom stereocenters. The highest BCUT2D eigenvalue weighted by molar-refractivity contribution is 5.86. The first-order valence-electron chi connectivity index (χ1n) is 14.3. The fourth-order valence-electron chi connectivity index (χ4n) is 5.69. The number of H-pyrrole nitrogens is 1. The van der Waals surface area contributed by atoms with E-state index in [2.05, 4.69) is 155 Å². The van der Waals surface area contributed by atoms with Crippen molar-refractivity contribution in [3.05, 3.63) is 137 Å². The number of aromatic hydroxyl groups is 1. The smallest absolute Gasteiger partial charge is 0.123 e. The number of aromatic nitrogens is 1. The highest BCUT2D eigenvalue weighted by atomic mass is 16.3. The maximum absolute atomic E-state index is 11.5. The Morgan fingerprint density at radius 1 is 0.725 bits per heavy atom. The Bertz CT molecular complexity index is 1570. The Hall–Kier alpha value is -3.82. The molecule has 0 aliphatic heterocycles. The van der Waals surface area contributed by atoms with Crippen LogP contribution in [0.25, 0.3) is 10.8 Å². The van der Waals surface area contributed by atoms with Gasteiger partial charge in [-0.05, 0) is 38.5 Å². The lowest BCUT2D eigenvalue weighted by Gasteiger charge is -2.31. The van der Waals surface area contributed by atoms with E-state index in [9.17, 15) is 5.11 Å². The molecule has 2 unspecified atom stereocenters. The lowest BCUT2D eigenvalue weighted by atomic mass is 9.78. The highest BCUT2D eigenvalue weighted by Gasteiger charge is 2.30. The fraction of sp³-hybridized carbons (Fsp3) is 0.297. The number of fused-ring (bicyclic) bond motifs is 1. The van der Waals surface area contributed by atoms with Crippen LogP contribution in [0.15, 0.2) is 103 Å². The molecule has 1 heterocycles. The second-order valence-electron chi connectivity index (χ2n) is 13.0. The molecule has 0 radical (unpaired) electrons. The van der Waals surface area contributed by atoms with E-state index in [1.165, 1.54) is 33.2 Å². The third-order valence-corrected chi connectivity index (χ3v) is 7.97. The van der Waals surface area contributed by atoms with E-state index >= 15 is 0 Å². The van der Waals surface area contributed by atoms with Crippen LogP contribution in [0.1, 0.15) is 87.0 Å². The van der Waals surface area contributed by atoms with Crippen molar-refractivity contribution in [1.29, 1.82) is 0 Å². The average Bonchev–Trinajstić information content (AvgIpc) is 3.35. The quantitative estimate of drug-likeness (QED) is 0.196. The van der Waals surface area contributed by atoms with Crippen LogP contribution in [0.4, 0.5) is 0 Å². The van der Waals surface area contributed by atoms with E-state index in [1.54, 1.807) is 0 Å². The number of nitrogens with one attached hydrogen (secondary N) is 2. The summed E-state index contributed by atoms with van der Waals surface area (Å²) in [6, 6.07) is 34.3. The van der Waals surface area contributed by atoms with Crippen molar-refractivity contribution in [3.8, 4) is 5.75 Å². The van der Waals surface area contributed by atoms with Crippen molar-refractivity contribution in [2.45, 2.75) is 70.9 Å². The third-order valence-electron chi connectivity index (χ3n) is 7.97. The predicted molar refractivity (Wildman–Crippen MR) is 168 cm³/mol. The Labute approximate surface area is 239 Å². The zero-order chi connectivity index (χ0) is 28.5. The van der Waals surface area contributed by atoms with Gasteiger partial charge in [0.2, 0.25) is 0 Å². The maximum atomic E-state index is 11.5. The van der Waals surface area contributed by atoms with Crippen LogP contribution >= 0.6 is 0 Å². The van der Waals surface area contributed by atoms with E-state index in [0.717, 1.165) is 11.1 Å². The van der Waals surface area contributed by atoms with Gasteiger partial charge >= 0.3 is 0 Å². The third kappa shape index (κ3) is 5.71. The molecule has 3 N–H and O–H groups in total. The van der Waals surface area contributed by atoms with Crippen LogP contribution in [0.2, 0.25) is 0 Å². The normalized spacial score (nSPS) is 13.8. The number of hydrogen-bond acceptors (Lipinski definition) is 2. The molecule has 0 amide bonds. The van der Waals surface area contributed by atoms with Crippen molar-refractivity contribution in [1.82, 2.24) is 10.3 Å². The molecule has 0 aliphatic rings. The van der Waals surface area contributed by atoms with E-state index in [1.807, 2.05) is 0 Å². The number of aromatic amines is 1. The summed E-state index contributed by atoms with van der Waals surface area (Å²) in [6.45, 7) is 13.7. The van der Waals surface area contributed by atoms with Crippen molar-refractivity contribution < 1.29 is 5.11 Å². The predicted octanol–water partition coefficient (Wildman–Crippen LogP) is 9.13. The molecular weight excluding hydrogens is 488 g/mol. The average molecular weight is 531 g/mol. The van der Waals surface area contributed by atoms with Gasteiger partial charge < -0.3 is 15.4 Å². The van der Waals surface area contributed by atoms with Crippen LogP contribution in [0.3, 0.4) is 0 Å². The van der Waals surface area contributed by atoms with E-state index in [0.29, 0.717) is 12.3 Å². The first-order chi connectivity index (χ1) is 19.0. The van der Waals surface area contributed by atoms with Crippen molar-refractivity contribution >= 4 is 10.8 Å². The lowest BCUT2D eigenvalue weighted by molar-refractivity contribution is 0.425. The summed E-state index contributed by atoms with van der Waals surface area (Å²) >= 11 is 0. The first-order valence-corrected chi connectivity index (χ1v) is 14.3. The summed E-state index contributed by atoms with van der Waals surface area (Å²) in [5.74, 6) is 0.417. The molecule has 0 saturated heterocycles.